The van der Waals surface area contributed by atoms with E-state index in [-0.39, 0.29) is 30.2 Å². The molecule has 2 saturated heterocycles. The molecule has 2 aliphatic heterocycles. The Labute approximate surface area is 172 Å². The van der Waals surface area contributed by atoms with Crippen molar-refractivity contribution in [3.05, 3.63) is 5.82 Å². The Balaban J connectivity index is 0.00000121. The molecular weight excluding hydrogens is 393 g/mol. The summed E-state index contributed by atoms with van der Waals surface area (Å²) in [5.41, 5.74) is -0.113. The topological polar surface area (TPSA) is 61.4 Å². The van der Waals surface area contributed by atoms with Crippen LogP contribution in [-0.2, 0) is 11.2 Å². The van der Waals surface area contributed by atoms with Gasteiger partial charge in [-0.1, -0.05) is 19.8 Å². The van der Waals surface area contributed by atoms with Gasteiger partial charge < -0.3 is 15.1 Å². The van der Waals surface area contributed by atoms with Gasteiger partial charge in [-0.15, -0.1) is 24.8 Å². The molecule has 2 atom stereocenters. The molecule has 9 heteroatoms. The molecule has 3 heterocycles. The number of carbonyl (C=O) groups is 1. The van der Waals surface area contributed by atoms with E-state index in [1.54, 1.807) is 0 Å². The first-order valence-corrected chi connectivity index (χ1v) is 10.1. The van der Waals surface area contributed by atoms with Crippen molar-refractivity contribution in [1.82, 2.24) is 19.6 Å². The first kappa shape index (κ1) is 21.7. The number of piperazine rings is 1. The molecule has 148 valence electrons. The van der Waals surface area contributed by atoms with Crippen molar-refractivity contribution in [2.75, 3.05) is 44.2 Å². The van der Waals surface area contributed by atoms with E-state index in [4.69, 9.17) is 0 Å². The SMILES string of the molecule is CCc1nsc(N2CCN(C(=O)[C@@]34CCCC[C@H]3CNC4)CC2)n1.Cl.Cl. The van der Waals surface area contributed by atoms with Gasteiger partial charge in [0, 0.05) is 50.7 Å². The second-order valence-electron chi connectivity index (χ2n) is 7.36. The number of hydrogen-bond acceptors (Lipinski definition) is 6. The van der Waals surface area contributed by atoms with Crippen LogP contribution in [0.2, 0.25) is 0 Å². The van der Waals surface area contributed by atoms with Gasteiger partial charge in [-0.2, -0.15) is 4.37 Å². The van der Waals surface area contributed by atoms with Crippen LogP contribution in [0.1, 0.15) is 38.4 Å². The number of anilines is 1. The first-order chi connectivity index (χ1) is 11.7. The van der Waals surface area contributed by atoms with E-state index >= 15 is 0 Å². The number of nitrogens with zero attached hydrogens (tertiary/aromatic N) is 4. The Morgan fingerprint density at radius 2 is 2.04 bits per heavy atom. The summed E-state index contributed by atoms with van der Waals surface area (Å²) in [6.45, 7) is 7.36. The third-order valence-electron chi connectivity index (χ3n) is 6.08. The van der Waals surface area contributed by atoms with Crippen molar-refractivity contribution in [2.24, 2.45) is 11.3 Å². The van der Waals surface area contributed by atoms with Crippen LogP contribution in [0.15, 0.2) is 0 Å². The highest BCUT2D eigenvalue weighted by molar-refractivity contribution is 7.09. The lowest BCUT2D eigenvalue weighted by Crippen LogP contribution is -2.56. The molecule has 0 bridgehead atoms. The number of halogens is 2. The lowest BCUT2D eigenvalue weighted by Gasteiger charge is -2.43. The van der Waals surface area contributed by atoms with Crippen molar-refractivity contribution < 1.29 is 4.79 Å². The molecule has 0 spiro atoms. The molecule has 1 amide bonds. The summed E-state index contributed by atoms with van der Waals surface area (Å²) in [4.78, 5) is 22.3. The van der Waals surface area contributed by atoms with Crippen LogP contribution < -0.4 is 10.2 Å². The Kier molecular flexibility index (Phi) is 7.53. The van der Waals surface area contributed by atoms with Crippen LogP contribution in [0, 0.1) is 11.3 Å². The number of aryl methyl sites for hydroxylation is 1. The number of rotatable bonds is 3. The smallest absolute Gasteiger partial charge is 0.230 e. The summed E-state index contributed by atoms with van der Waals surface area (Å²) < 4.78 is 4.38. The standard InChI is InChI=1S/C17H27N5OS.2ClH/c1-2-14-19-16(24-20-14)22-9-7-21(8-10-22)15(23)17-6-4-3-5-13(17)11-18-12-17;;/h13,18H,2-12H2,1H3;2*1H/t13-,17+;;/m0../s1. The predicted octanol–water partition coefficient (Wildman–Crippen LogP) is 2.37. The highest BCUT2D eigenvalue weighted by Crippen LogP contribution is 2.45. The summed E-state index contributed by atoms with van der Waals surface area (Å²) in [6.07, 6.45) is 5.65. The second-order valence-corrected chi connectivity index (χ2v) is 8.09. The maximum atomic E-state index is 13.3. The van der Waals surface area contributed by atoms with Crippen LogP contribution in [0.25, 0.3) is 0 Å². The van der Waals surface area contributed by atoms with Crippen LogP contribution >= 0.6 is 36.3 Å². The summed E-state index contributed by atoms with van der Waals surface area (Å²) in [5, 5.41) is 4.50. The summed E-state index contributed by atoms with van der Waals surface area (Å²) in [5.74, 6) is 1.88. The predicted molar refractivity (Wildman–Crippen MR) is 110 cm³/mol. The van der Waals surface area contributed by atoms with E-state index in [1.165, 1.54) is 30.8 Å². The first-order valence-electron chi connectivity index (χ1n) is 9.30. The number of carbonyl (C=O) groups excluding carboxylic acids is 1. The minimum atomic E-state index is -0.113. The lowest BCUT2D eigenvalue weighted by atomic mass is 9.67. The van der Waals surface area contributed by atoms with Gasteiger partial charge in [0.25, 0.3) is 0 Å². The zero-order valence-electron chi connectivity index (χ0n) is 15.3. The zero-order chi connectivity index (χ0) is 16.6. The van der Waals surface area contributed by atoms with Crippen molar-refractivity contribution in [3.8, 4) is 0 Å². The second kappa shape index (κ2) is 9.04. The van der Waals surface area contributed by atoms with E-state index < -0.39 is 0 Å². The van der Waals surface area contributed by atoms with Gasteiger partial charge in [-0.25, -0.2) is 4.98 Å². The Bertz CT molecular complexity index is 608. The monoisotopic (exact) mass is 421 g/mol. The maximum Gasteiger partial charge on any atom is 0.230 e. The Hall–Kier alpha value is -0.630. The highest BCUT2D eigenvalue weighted by Gasteiger charge is 2.51. The zero-order valence-corrected chi connectivity index (χ0v) is 17.7. The molecule has 1 aromatic heterocycles. The molecule has 1 N–H and O–H groups in total. The average molecular weight is 422 g/mol. The molecular formula is C17H29Cl2N5OS. The van der Waals surface area contributed by atoms with Gasteiger partial charge in [-0.3, -0.25) is 4.79 Å². The third-order valence-corrected chi connectivity index (χ3v) is 6.89. The van der Waals surface area contributed by atoms with Crippen LogP contribution in [0.5, 0.6) is 0 Å². The molecule has 26 heavy (non-hydrogen) atoms. The number of aromatic nitrogens is 2. The molecule has 4 rings (SSSR count). The van der Waals surface area contributed by atoms with E-state index in [0.717, 1.165) is 63.1 Å². The minimum absolute atomic E-state index is 0. The number of hydrogen-bond donors (Lipinski definition) is 1. The number of amides is 1. The largest absolute Gasteiger partial charge is 0.343 e. The molecule has 0 aromatic carbocycles. The maximum absolute atomic E-state index is 13.3. The molecule has 1 aliphatic carbocycles. The van der Waals surface area contributed by atoms with E-state index in [9.17, 15) is 4.79 Å². The summed E-state index contributed by atoms with van der Waals surface area (Å²) in [6, 6.07) is 0. The van der Waals surface area contributed by atoms with Gasteiger partial charge in [-0.05, 0) is 25.3 Å². The fraction of sp³-hybridized carbons (Fsp3) is 0.824. The van der Waals surface area contributed by atoms with E-state index in [2.05, 4.69) is 31.4 Å². The quantitative estimate of drug-likeness (QED) is 0.811. The molecule has 3 fully saturated rings. The Morgan fingerprint density at radius 1 is 1.27 bits per heavy atom. The molecule has 3 aliphatic rings. The Morgan fingerprint density at radius 3 is 2.73 bits per heavy atom. The molecule has 0 radical (unpaired) electrons. The number of nitrogens with one attached hydrogen (secondary N) is 1. The van der Waals surface area contributed by atoms with Gasteiger partial charge in [0.1, 0.15) is 5.82 Å². The fourth-order valence-corrected chi connectivity index (χ4v) is 5.40. The van der Waals surface area contributed by atoms with Crippen molar-refractivity contribution in [2.45, 2.75) is 39.0 Å². The van der Waals surface area contributed by atoms with Gasteiger partial charge in [0.15, 0.2) is 0 Å². The minimum Gasteiger partial charge on any atom is -0.343 e. The summed E-state index contributed by atoms with van der Waals surface area (Å²) in [7, 11) is 0. The molecule has 0 unspecified atom stereocenters. The average Bonchev–Trinajstić information content (AvgIpc) is 3.28. The molecule has 6 nitrogen and oxygen atoms in total. The fourth-order valence-electron chi connectivity index (χ4n) is 4.60. The highest BCUT2D eigenvalue weighted by atomic mass is 35.5. The van der Waals surface area contributed by atoms with Crippen LogP contribution in [0.4, 0.5) is 5.13 Å². The van der Waals surface area contributed by atoms with E-state index in [1.807, 2.05) is 0 Å². The molecule has 1 aromatic rings. The van der Waals surface area contributed by atoms with Gasteiger partial charge in [0.2, 0.25) is 11.0 Å². The number of fused-ring (bicyclic) bond motifs is 1. The lowest BCUT2D eigenvalue weighted by molar-refractivity contribution is -0.145. The third kappa shape index (κ3) is 3.81. The van der Waals surface area contributed by atoms with Crippen molar-refractivity contribution in [1.29, 1.82) is 0 Å². The van der Waals surface area contributed by atoms with Crippen molar-refractivity contribution >= 4 is 47.4 Å². The van der Waals surface area contributed by atoms with E-state index in [0.29, 0.717) is 11.8 Å². The van der Waals surface area contributed by atoms with Gasteiger partial charge in [0.05, 0.1) is 5.41 Å². The van der Waals surface area contributed by atoms with Crippen molar-refractivity contribution in [3.63, 3.8) is 0 Å². The van der Waals surface area contributed by atoms with Gasteiger partial charge >= 0.3 is 0 Å². The summed E-state index contributed by atoms with van der Waals surface area (Å²) >= 11 is 1.48. The van der Waals surface area contributed by atoms with Crippen LogP contribution in [0.3, 0.4) is 0 Å². The van der Waals surface area contributed by atoms with Crippen LogP contribution in [-0.4, -0.2) is 59.4 Å². The normalized spacial score (nSPS) is 28.1. The molecule has 1 saturated carbocycles.